The highest BCUT2D eigenvalue weighted by Gasteiger charge is 2.31. The number of sulfonamides is 1. The van der Waals surface area contributed by atoms with E-state index in [1.165, 1.54) is 16.4 Å². The first kappa shape index (κ1) is 22.9. The van der Waals surface area contributed by atoms with Crippen molar-refractivity contribution in [3.05, 3.63) is 59.7 Å². The lowest BCUT2D eigenvalue weighted by atomic mass is 10.0. The van der Waals surface area contributed by atoms with Crippen LogP contribution in [0.25, 0.3) is 0 Å². The van der Waals surface area contributed by atoms with Crippen LogP contribution in [0.1, 0.15) is 35.7 Å². The van der Waals surface area contributed by atoms with E-state index in [9.17, 15) is 18.3 Å². The summed E-state index contributed by atoms with van der Waals surface area (Å²) in [7, 11) is -3.62. The Morgan fingerprint density at radius 2 is 1.69 bits per heavy atom. The predicted octanol–water partition coefficient (Wildman–Crippen LogP) is 2.36. The fraction of sp³-hybridized carbons (Fsp3) is 0.458. The summed E-state index contributed by atoms with van der Waals surface area (Å²) < 4.78 is 27.7. The third kappa shape index (κ3) is 4.45. The van der Waals surface area contributed by atoms with Crippen molar-refractivity contribution in [2.24, 2.45) is 0 Å². The first-order valence-corrected chi connectivity index (χ1v) is 12.7. The normalized spacial score (nSPS) is 18.9. The number of aryl methyl sites for hydroxylation is 1. The molecule has 1 fully saturated rings. The largest absolute Gasteiger partial charge is 0.395 e. The minimum atomic E-state index is -3.62. The van der Waals surface area contributed by atoms with Crippen LogP contribution in [0.5, 0.6) is 0 Å². The van der Waals surface area contributed by atoms with E-state index in [2.05, 4.69) is 4.90 Å². The fourth-order valence-corrected chi connectivity index (χ4v) is 6.05. The lowest BCUT2D eigenvalue weighted by Crippen LogP contribution is -2.52. The summed E-state index contributed by atoms with van der Waals surface area (Å²) in [6.07, 6.45) is 2.71. The highest BCUT2D eigenvalue weighted by atomic mass is 32.2. The van der Waals surface area contributed by atoms with Gasteiger partial charge in [-0.1, -0.05) is 25.1 Å². The third-order valence-electron chi connectivity index (χ3n) is 6.57. The van der Waals surface area contributed by atoms with Gasteiger partial charge in [-0.05, 0) is 55.2 Å². The Labute approximate surface area is 190 Å². The number of anilines is 1. The maximum absolute atomic E-state index is 13.1. The highest BCUT2D eigenvalue weighted by Crippen LogP contribution is 2.28. The number of amides is 1. The quantitative estimate of drug-likeness (QED) is 0.720. The molecule has 0 saturated carbocycles. The molecular formula is C24H31N3O4S. The standard InChI is InChI=1S/C24H31N3O4S/c1-2-21(18-28)25-14-16-26(17-15-25)32(30,31)22-11-9-20(10-12-22)24(29)27-13-5-7-19-6-3-4-8-23(19)27/h3-4,6,8-12,21,28H,2,5,7,13-18H2,1H3/t21-/m1/s1. The molecule has 2 aromatic carbocycles. The fourth-order valence-electron chi connectivity index (χ4n) is 4.63. The SMILES string of the molecule is CC[C@H](CO)N1CCN(S(=O)(=O)c2ccc(C(=O)N3CCCc4ccccc43)cc2)CC1. The van der Waals surface area contributed by atoms with Crippen molar-refractivity contribution in [3.63, 3.8) is 0 Å². The Bertz CT molecular complexity index is 1040. The van der Waals surface area contributed by atoms with E-state index < -0.39 is 10.0 Å². The summed E-state index contributed by atoms with van der Waals surface area (Å²) in [6, 6.07) is 14.3. The molecule has 0 radical (unpaired) electrons. The number of piperazine rings is 1. The molecule has 0 bridgehead atoms. The molecule has 1 amide bonds. The van der Waals surface area contributed by atoms with Gasteiger partial charge in [-0.2, -0.15) is 4.31 Å². The Morgan fingerprint density at radius 1 is 1.00 bits per heavy atom. The van der Waals surface area contributed by atoms with Crippen molar-refractivity contribution >= 4 is 21.6 Å². The van der Waals surface area contributed by atoms with Gasteiger partial charge in [0.05, 0.1) is 11.5 Å². The van der Waals surface area contributed by atoms with Crippen LogP contribution >= 0.6 is 0 Å². The van der Waals surface area contributed by atoms with E-state index in [-0.39, 0.29) is 23.5 Å². The number of carbonyl (C=O) groups excluding carboxylic acids is 1. The Hall–Kier alpha value is -2.26. The van der Waals surface area contributed by atoms with E-state index in [1.807, 2.05) is 31.2 Å². The molecule has 0 unspecified atom stereocenters. The molecule has 1 saturated heterocycles. The number of aliphatic hydroxyl groups is 1. The number of hydrogen-bond acceptors (Lipinski definition) is 5. The van der Waals surface area contributed by atoms with Gasteiger partial charge in [0.15, 0.2) is 0 Å². The van der Waals surface area contributed by atoms with Gasteiger partial charge in [0.25, 0.3) is 5.91 Å². The van der Waals surface area contributed by atoms with Crippen molar-refractivity contribution in [2.75, 3.05) is 44.2 Å². The molecule has 1 N–H and O–H groups in total. The zero-order valence-electron chi connectivity index (χ0n) is 18.5. The third-order valence-corrected chi connectivity index (χ3v) is 8.48. The molecule has 4 rings (SSSR count). The van der Waals surface area contributed by atoms with Gasteiger partial charge in [-0.15, -0.1) is 0 Å². The number of para-hydroxylation sites is 1. The summed E-state index contributed by atoms with van der Waals surface area (Å²) >= 11 is 0. The van der Waals surface area contributed by atoms with Gasteiger partial charge < -0.3 is 10.0 Å². The Balaban J connectivity index is 1.46. The Kier molecular flexibility index (Phi) is 6.95. The van der Waals surface area contributed by atoms with Crippen LogP contribution in [0.15, 0.2) is 53.4 Å². The van der Waals surface area contributed by atoms with Gasteiger partial charge in [-0.3, -0.25) is 9.69 Å². The molecule has 32 heavy (non-hydrogen) atoms. The van der Waals surface area contributed by atoms with Crippen molar-refractivity contribution in [1.29, 1.82) is 0 Å². The molecule has 0 aromatic heterocycles. The topological polar surface area (TPSA) is 81.2 Å². The lowest BCUT2D eigenvalue weighted by Gasteiger charge is -2.37. The number of benzene rings is 2. The molecule has 2 aromatic rings. The summed E-state index contributed by atoms with van der Waals surface area (Å²) in [5, 5.41) is 9.50. The average Bonchev–Trinajstić information content (AvgIpc) is 2.84. The van der Waals surface area contributed by atoms with Crippen LogP contribution in [0, 0.1) is 0 Å². The molecule has 2 heterocycles. The van der Waals surface area contributed by atoms with Crippen LogP contribution in [0.2, 0.25) is 0 Å². The average molecular weight is 458 g/mol. The lowest BCUT2D eigenvalue weighted by molar-refractivity contribution is 0.0881. The van der Waals surface area contributed by atoms with Crippen LogP contribution in [0.3, 0.4) is 0 Å². The predicted molar refractivity (Wildman–Crippen MR) is 124 cm³/mol. The monoisotopic (exact) mass is 457 g/mol. The molecule has 7 nitrogen and oxygen atoms in total. The molecule has 0 spiro atoms. The van der Waals surface area contributed by atoms with Crippen molar-refractivity contribution in [1.82, 2.24) is 9.21 Å². The molecule has 8 heteroatoms. The summed E-state index contributed by atoms with van der Waals surface area (Å²) in [5.41, 5.74) is 2.59. The summed E-state index contributed by atoms with van der Waals surface area (Å²) in [5.74, 6) is -0.107. The van der Waals surface area contributed by atoms with Crippen LogP contribution < -0.4 is 4.90 Å². The number of aliphatic hydroxyl groups excluding tert-OH is 1. The van der Waals surface area contributed by atoms with Crippen LogP contribution in [-0.2, 0) is 16.4 Å². The molecule has 0 aliphatic carbocycles. The first-order valence-electron chi connectivity index (χ1n) is 11.3. The first-order chi connectivity index (χ1) is 15.5. The van der Waals surface area contributed by atoms with Gasteiger partial charge >= 0.3 is 0 Å². The van der Waals surface area contributed by atoms with E-state index >= 15 is 0 Å². The van der Waals surface area contributed by atoms with E-state index in [0.717, 1.165) is 30.5 Å². The number of nitrogens with zero attached hydrogens (tertiary/aromatic N) is 3. The van der Waals surface area contributed by atoms with Gasteiger partial charge in [0, 0.05) is 50.0 Å². The molecule has 2 aliphatic heterocycles. The zero-order chi connectivity index (χ0) is 22.7. The molecule has 2 aliphatic rings. The van der Waals surface area contributed by atoms with Crippen molar-refractivity contribution in [3.8, 4) is 0 Å². The second kappa shape index (κ2) is 9.70. The van der Waals surface area contributed by atoms with Gasteiger partial charge in [-0.25, -0.2) is 8.42 Å². The van der Waals surface area contributed by atoms with E-state index in [0.29, 0.717) is 38.3 Å². The minimum Gasteiger partial charge on any atom is -0.395 e. The molecule has 172 valence electrons. The number of rotatable bonds is 6. The summed E-state index contributed by atoms with van der Waals surface area (Å²) in [6.45, 7) is 4.75. The highest BCUT2D eigenvalue weighted by molar-refractivity contribution is 7.89. The number of hydrogen-bond donors (Lipinski definition) is 1. The molecular weight excluding hydrogens is 426 g/mol. The number of carbonyl (C=O) groups is 1. The van der Waals surface area contributed by atoms with Gasteiger partial charge in [0.2, 0.25) is 10.0 Å². The van der Waals surface area contributed by atoms with Crippen molar-refractivity contribution in [2.45, 2.75) is 37.1 Å². The Morgan fingerprint density at radius 3 is 2.34 bits per heavy atom. The second-order valence-corrected chi connectivity index (χ2v) is 10.3. The van der Waals surface area contributed by atoms with Gasteiger partial charge in [0.1, 0.15) is 0 Å². The van der Waals surface area contributed by atoms with E-state index in [4.69, 9.17) is 0 Å². The smallest absolute Gasteiger partial charge is 0.258 e. The van der Waals surface area contributed by atoms with Crippen LogP contribution in [0.4, 0.5) is 5.69 Å². The molecule has 1 atom stereocenters. The summed E-state index contributed by atoms with van der Waals surface area (Å²) in [4.78, 5) is 17.3. The second-order valence-electron chi connectivity index (χ2n) is 8.40. The maximum atomic E-state index is 13.1. The number of fused-ring (bicyclic) bond motifs is 1. The minimum absolute atomic E-state index is 0.0741. The van der Waals surface area contributed by atoms with Crippen molar-refractivity contribution < 1.29 is 18.3 Å². The zero-order valence-corrected chi connectivity index (χ0v) is 19.3. The van der Waals surface area contributed by atoms with E-state index in [1.54, 1.807) is 17.0 Å². The maximum Gasteiger partial charge on any atom is 0.258 e. The van der Waals surface area contributed by atoms with Crippen LogP contribution in [-0.4, -0.2) is 74.0 Å².